The van der Waals surface area contributed by atoms with E-state index >= 15 is 0 Å². The molecule has 0 saturated heterocycles. The molecule has 1 atom stereocenters. The van der Waals surface area contributed by atoms with Crippen molar-refractivity contribution >= 4 is 29.1 Å². The van der Waals surface area contributed by atoms with Gasteiger partial charge in [0.1, 0.15) is 6.04 Å². The number of nitrogens with one attached hydrogen (secondary N) is 1. The summed E-state index contributed by atoms with van der Waals surface area (Å²) >= 11 is 1.45. The van der Waals surface area contributed by atoms with E-state index in [2.05, 4.69) is 5.32 Å². The molecule has 0 saturated carbocycles. The Morgan fingerprint density at radius 2 is 1.92 bits per heavy atom. The number of carboxylic acids is 1. The quantitative estimate of drug-likeness (QED) is 0.661. The Balaban J connectivity index is 1.87. The largest absolute Gasteiger partial charge is 0.480 e. The van der Waals surface area contributed by atoms with Crippen molar-refractivity contribution in [2.24, 2.45) is 0 Å². The van der Waals surface area contributed by atoms with Gasteiger partial charge in [0.2, 0.25) is 5.91 Å². The molecular weight excluding hydrogens is 352 g/mol. The van der Waals surface area contributed by atoms with Gasteiger partial charge in [0, 0.05) is 30.5 Å². The molecule has 2 amide bonds. The number of benzene rings is 1. The minimum absolute atomic E-state index is 0.168. The highest BCUT2D eigenvalue weighted by molar-refractivity contribution is 7.08. The van der Waals surface area contributed by atoms with E-state index in [4.69, 9.17) is 0 Å². The zero-order chi connectivity index (χ0) is 18.9. The molecule has 0 aliphatic rings. The van der Waals surface area contributed by atoms with Crippen molar-refractivity contribution in [2.45, 2.75) is 32.4 Å². The molecule has 0 bridgehead atoms. The molecule has 1 unspecified atom stereocenters. The van der Waals surface area contributed by atoms with E-state index in [1.165, 1.54) is 23.2 Å². The summed E-state index contributed by atoms with van der Waals surface area (Å²) in [6.07, 6.45) is 0.626. The Labute approximate surface area is 156 Å². The first-order valence-electron chi connectivity index (χ1n) is 8.35. The molecule has 0 aliphatic carbocycles. The van der Waals surface area contributed by atoms with Crippen LogP contribution < -0.4 is 5.32 Å². The number of hydrogen-bond donors (Lipinski definition) is 2. The predicted molar refractivity (Wildman–Crippen MR) is 100.0 cm³/mol. The van der Waals surface area contributed by atoms with Gasteiger partial charge in [0.05, 0.1) is 0 Å². The molecule has 6 nitrogen and oxygen atoms in total. The third-order valence-corrected chi connectivity index (χ3v) is 4.66. The van der Waals surface area contributed by atoms with Crippen LogP contribution in [0.3, 0.4) is 0 Å². The molecule has 2 aromatic rings. The number of carboxylic acid groups (broad SMARTS) is 1. The topological polar surface area (TPSA) is 86.7 Å². The summed E-state index contributed by atoms with van der Waals surface area (Å²) in [4.78, 5) is 37.1. The molecule has 26 heavy (non-hydrogen) atoms. The third kappa shape index (κ3) is 5.70. The number of hydrogen-bond acceptors (Lipinski definition) is 4. The molecule has 2 rings (SSSR count). The number of carbonyl (C=O) groups is 3. The zero-order valence-electron chi connectivity index (χ0n) is 14.6. The van der Waals surface area contributed by atoms with E-state index in [0.29, 0.717) is 18.5 Å². The van der Waals surface area contributed by atoms with E-state index in [1.807, 2.05) is 35.7 Å². The minimum Gasteiger partial charge on any atom is -0.480 e. The fourth-order valence-electron chi connectivity index (χ4n) is 2.44. The predicted octanol–water partition coefficient (Wildman–Crippen LogP) is 2.76. The maximum Gasteiger partial charge on any atom is 0.326 e. The Kier molecular flexibility index (Phi) is 7.35. The highest BCUT2D eigenvalue weighted by atomic mass is 32.1. The van der Waals surface area contributed by atoms with Crippen LogP contribution in [0.15, 0.2) is 47.2 Å². The summed E-state index contributed by atoms with van der Waals surface area (Å²) < 4.78 is 0. The van der Waals surface area contributed by atoms with Crippen molar-refractivity contribution < 1.29 is 19.5 Å². The van der Waals surface area contributed by atoms with Crippen LogP contribution in [0, 0.1) is 0 Å². The van der Waals surface area contributed by atoms with Crippen LogP contribution in [0.5, 0.6) is 0 Å². The van der Waals surface area contributed by atoms with Gasteiger partial charge in [-0.1, -0.05) is 30.3 Å². The Bertz CT molecular complexity index is 731. The van der Waals surface area contributed by atoms with E-state index in [1.54, 1.807) is 11.4 Å². The van der Waals surface area contributed by atoms with Crippen LogP contribution in [-0.2, 0) is 16.1 Å². The molecule has 1 aromatic heterocycles. The van der Waals surface area contributed by atoms with Crippen LogP contribution in [0.25, 0.3) is 0 Å². The van der Waals surface area contributed by atoms with Gasteiger partial charge < -0.3 is 15.3 Å². The van der Waals surface area contributed by atoms with E-state index in [0.717, 1.165) is 5.56 Å². The van der Waals surface area contributed by atoms with Crippen LogP contribution in [0.2, 0.25) is 0 Å². The summed E-state index contributed by atoms with van der Waals surface area (Å²) in [5, 5.41) is 15.6. The van der Waals surface area contributed by atoms with E-state index in [9.17, 15) is 19.5 Å². The number of rotatable bonds is 9. The summed E-state index contributed by atoms with van der Waals surface area (Å²) in [6.45, 7) is 2.11. The summed E-state index contributed by atoms with van der Waals surface area (Å²) in [6, 6.07) is 10.1. The van der Waals surface area contributed by atoms with E-state index in [-0.39, 0.29) is 24.8 Å². The lowest BCUT2D eigenvalue weighted by molar-refractivity contribution is -0.150. The lowest BCUT2D eigenvalue weighted by atomic mass is 10.1. The number of thiophene rings is 1. The molecule has 0 aliphatic heterocycles. The molecule has 138 valence electrons. The number of nitrogens with zero attached hydrogens (tertiary/aromatic N) is 1. The van der Waals surface area contributed by atoms with Crippen molar-refractivity contribution in [1.29, 1.82) is 0 Å². The normalized spacial score (nSPS) is 11.6. The number of amides is 2. The smallest absolute Gasteiger partial charge is 0.326 e. The summed E-state index contributed by atoms with van der Waals surface area (Å²) in [5.74, 6) is -1.45. The summed E-state index contributed by atoms with van der Waals surface area (Å²) in [5.41, 5.74) is 1.48. The lowest BCUT2D eigenvalue weighted by Gasteiger charge is -2.27. The van der Waals surface area contributed by atoms with Gasteiger partial charge in [0.25, 0.3) is 5.91 Å². The first kappa shape index (κ1) is 19.7. The van der Waals surface area contributed by atoms with Gasteiger partial charge in [-0.2, -0.15) is 11.3 Å². The highest BCUT2D eigenvalue weighted by Gasteiger charge is 2.25. The van der Waals surface area contributed by atoms with Crippen molar-refractivity contribution in [1.82, 2.24) is 10.2 Å². The van der Waals surface area contributed by atoms with Gasteiger partial charge in [-0.05, 0) is 30.4 Å². The van der Waals surface area contributed by atoms with Gasteiger partial charge in [0.15, 0.2) is 0 Å². The standard InChI is InChI=1S/C19H22N2O4S/c1-14(19(24)25)21(12-15-6-3-2-4-7-15)17(22)8-5-10-20-18(23)16-9-11-26-13-16/h2-4,6-7,9,11,13-14H,5,8,10,12H2,1H3,(H,20,23)(H,24,25). The van der Waals surface area contributed by atoms with Crippen molar-refractivity contribution in [3.8, 4) is 0 Å². The fraction of sp³-hybridized carbons (Fsp3) is 0.316. The average Bonchev–Trinajstić information content (AvgIpc) is 3.18. The van der Waals surface area contributed by atoms with Gasteiger partial charge in [-0.15, -0.1) is 0 Å². The van der Waals surface area contributed by atoms with Crippen molar-refractivity contribution in [3.63, 3.8) is 0 Å². The van der Waals surface area contributed by atoms with Crippen LogP contribution >= 0.6 is 11.3 Å². The second-order valence-electron chi connectivity index (χ2n) is 5.89. The zero-order valence-corrected chi connectivity index (χ0v) is 15.4. The van der Waals surface area contributed by atoms with Gasteiger partial charge in [-0.25, -0.2) is 4.79 Å². The molecule has 7 heteroatoms. The minimum atomic E-state index is -1.04. The highest BCUT2D eigenvalue weighted by Crippen LogP contribution is 2.12. The van der Waals surface area contributed by atoms with Gasteiger partial charge in [-0.3, -0.25) is 9.59 Å². The molecule has 2 N–H and O–H groups in total. The Hall–Kier alpha value is -2.67. The maximum atomic E-state index is 12.5. The van der Waals surface area contributed by atoms with Crippen LogP contribution in [0.4, 0.5) is 0 Å². The van der Waals surface area contributed by atoms with Crippen molar-refractivity contribution in [2.75, 3.05) is 6.54 Å². The maximum absolute atomic E-state index is 12.5. The molecule has 0 spiro atoms. The second kappa shape index (κ2) is 9.72. The number of aliphatic carboxylic acids is 1. The SMILES string of the molecule is CC(C(=O)O)N(Cc1ccccc1)C(=O)CCCNC(=O)c1ccsc1. The Morgan fingerprint density at radius 1 is 1.19 bits per heavy atom. The monoisotopic (exact) mass is 374 g/mol. The molecular formula is C19H22N2O4S. The lowest BCUT2D eigenvalue weighted by Crippen LogP contribution is -2.42. The molecule has 0 radical (unpaired) electrons. The first-order chi connectivity index (χ1) is 12.5. The number of carbonyl (C=O) groups excluding carboxylic acids is 2. The van der Waals surface area contributed by atoms with Crippen LogP contribution in [-0.4, -0.2) is 40.4 Å². The molecule has 1 heterocycles. The van der Waals surface area contributed by atoms with Crippen LogP contribution in [0.1, 0.15) is 35.7 Å². The fourth-order valence-corrected chi connectivity index (χ4v) is 3.07. The Morgan fingerprint density at radius 3 is 2.54 bits per heavy atom. The molecule has 0 fully saturated rings. The van der Waals surface area contributed by atoms with Gasteiger partial charge >= 0.3 is 5.97 Å². The average molecular weight is 374 g/mol. The summed E-state index contributed by atoms with van der Waals surface area (Å²) in [7, 11) is 0. The van der Waals surface area contributed by atoms with Crippen molar-refractivity contribution in [3.05, 3.63) is 58.3 Å². The van der Waals surface area contributed by atoms with E-state index < -0.39 is 12.0 Å². The third-order valence-electron chi connectivity index (χ3n) is 3.98. The molecule has 1 aromatic carbocycles. The first-order valence-corrected chi connectivity index (χ1v) is 9.30. The second-order valence-corrected chi connectivity index (χ2v) is 6.67.